The molecule has 2 rings (SSSR count). The first kappa shape index (κ1) is 19.1. The van der Waals surface area contributed by atoms with E-state index in [1.807, 2.05) is 34.6 Å². The maximum absolute atomic E-state index is 12.7. The fraction of sp³-hybridized carbons (Fsp3) is 0.389. The van der Waals surface area contributed by atoms with Crippen LogP contribution < -0.4 is 14.8 Å². The average molecular weight is 363 g/mol. The summed E-state index contributed by atoms with van der Waals surface area (Å²) in [6, 6.07) is 6.73. The second kappa shape index (κ2) is 6.92. The smallest absolute Gasteiger partial charge is 0.266 e. The van der Waals surface area contributed by atoms with Gasteiger partial charge in [-0.05, 0) is 70.0 Å². The molecule has 0 amide bonds. The highest BCUT2D eigenvalue weighted by atomic mass is 32.2. The topological polar surface area (TPSA) is 80.3 Å². The molecule has 0 atom stereocenters. The summed E-state index contributed by atoms with van der Waals surface area (Å²) in [7, 11) is -2.35. The molecule has 2 aromatic rings. The van der Waals surface area contributed by atoms with Crippen molar-refractivity contribution in [2.45, 2.75) is 45.1 Å². The van der Waals surface area contributed by atoms with Gasteiger partial charge in [-0.25, -0.2) is 13.4 Å². The maximum atomic E-state index is 12.7. The van der Waals surface area contributed by atoms with E-state index in [1.54, 1.807) is 30.5 Å². The van der Waals surface area contributed by atoms with Gasteiger partial charge in [0.1, 0.15) is 16.5 Å². The number of sulfonamides is 1. The maximum Gasteiger partial charge on any atom is 0.266 e. The quantitative estimate of drug-likeness (QED) is 0.846. The minimum absolute atomic E-state index is 0.0943. The highest BCUT2D eigenvalue weighted by Gasteiger charge is 2.21. The molecule has 0 aliphatic heterocycles. The van der Waals surface area contributed by atoms with Gasteiger partial charge in [0.05, 0.1) is 19.0 Å². The number of aryl methyl sites for hydroxylation is 2. The number of pyridine rings is 1. The molecule has 0 bridgehead atoms. The third-order valence-electron chi connectivity index (χ3n) is 3.59. The van der Waals surface area contributed by atoms with E-state index in [4.69, 9.17) is 4.74 Å². The summed E-state index contributed by atoms with van der Waals surface area (Å²) in [6.07, 6.45) is 1.60. The van der Waals surface area contributed by atoms with E-state index in [9.17, 15) is 8.42 Å². The average Bonchev–Trinajstić information content (AvgIpc) is 2.49. The van der Waals surface area contributed by atoms with Crippen LogP contribution in [0.15, 0.2) is 35.4 Å². The zero-order valence-electron chi connectivity index (χ0n) is 15.5. The van der Waals surface area contributed by atoms with Gasteiger partial charge in [0, 0.05) is 5.54 Å². The van der Waals surface area contributed by atoms with Gasteiger partial charge in [0.2, 0.25) is 0 Å². The number of rotatable bonds is 5. The van der Waals surface area contributed by atoms with Crippen molar-refractivity contribution in [3.05, 3.63) is 41.6 Å². The molecular weight excluding hydrogens is 338 g/mol. The third-order valence-corrected chi connectivity index (χ3v) is 4.97. The standard InChI is InChI=1S/C18H25N3O3S/c1-12-9-15(24-6)16(10-13(12)2)25(22,23)21-17-8-7-14(11-19-17)20-18(3,4)5/h7-11,20H,1-6H3,(H,19,21). The minimum Gasteiger partial charge on any atom is -0.495 e. The number of anilines is 2. The molecule has 7 heteroatoms. The number of hydrogen-bond acceptors (Lipinski definition) is 5. The lowest BCUT2D eigenvalue weighted by Crippen LogP contribution is -2.26. The molecule has 1 heterocycles. The molecule has 0 unspecified atom stereocenters. The lowest BCUT2D eigenvalue weighted by molar-refractivity contribution is 0.402. The Hall–Kier alpha value is -2.28. The zero-order valence-corrected chi connectivity index (χ0v) is 16.3. The van der Waals surface area contributed by atoms with E-state index in [2.05, 4.69) is 15.0 Å². The number of nitrogens with zero attached hydrogens (tertiary/aromatic N) is 1. The first-order chi connectivity index (χ1) is 11.5. The van der Waals surface area contributed by atoms with Crippen LogP contribution in [0.1, 0.15) is 31.9 Å². The Morgan fingerprint density at radius 1 is 1.08 bits per heavy atom. The highest BCUT2D eigenvalue weighted by Crippen LogP contribution is 2.28. The predicted molar refractivity (Wildman–Crippen MR) is 101 cm³/mol. The van der Waals surface area contributed by atoms with Crippen molar-refractivity contribution in [1.29, 1.82) is 0 Å². The number of nitrogens with one attached hydrogen (secondary N) is 2. The number of benzene rings is 1. The molecule has 2 N–H and O–H groups in total. The van der Waals surface area contributed by atoms with Gasteiger partial charge in [-0.15, -0.1) is 0 Å². The van der Waals surface area contributed by atoms with Crippen LogP contribution >= 0.6 is 0 Å². The second-order valence-corrected chi connectivity index (χ2v) is 8.65. The van der Waals surface area contributed by atoms with Crippen molar-refractivity contribution < 1.29 is 13.2 Å². The summed E-state index contributed by atoms with van der Waals surface area (Å²) in [5, 5.41) is 3.28. The van der Waals surface area contributed by atoms with Crippen LogP contribution in [0.4, 0.5) is 11.5 Å². The molecule has 6 nitrogen and oxygen atoms in total. The lowest BCUT2D eigenvalue weighted by atomic mass is 10.1. The summed E-state index contributed by atoms with van der Waals surface area (Å²) in [6.45, 7) is 9.88. The Morgan fingerprint density at radius 3 is 2.24 bits per heavy atom. The van der Waals surface area contributed by atoms with Crippen LogP contribution in [0, 0.1) is 13.8 Å². The van der Waals surface area contributed by atoms with Crippen LogP contribution in [0.3, 0.4) is 0 Å². The molecule has 0 spiro atoms. The van der Waals surface area contributed by atoms with Crippen LogP contribution in [-0.2, 0) is 10.0 Å². The van der Waals surface area contributed by atoms with E-state index in [1.165, 1.54) is 7.11 Å². The van der Waals surface area contributed by atoms with Crippen LogP contribution in [0.2, 0.25) is 0 Å². The van der Waals surface area contributed by atoms with Gasteiger partial charge in [-0.1, -0.05) is 0 Å². The van der Waals surface area contributed by atoms with E-state index in [0.717, 1.165) is 16.8 Å². The van der Waals surface area contributed by atoms with Crippen molar-refractivity contribution in [3.8, 4) is 5.75 Å². The van der Waals surface area contributed by atoms with Gasteiger partial charge in [0.25, 0.3) is 10.0 Å². The molecule has 0 saturated carbocycles. The first-order valence-electron chi connectivity index (χ1n) is 7.94. The Morgan fingerprint density at radius 2 is 1.72 bits per heavy atom. The Labute approximate surface area is 149 Å². The lowest BCUT2D eigenvalue weighted by Gasteiger charge is -2.22. The fourth-order valence-corrected chi connectivity index (χ4v) is 3.53. The van der Waals surface area contributed by atoms with Crippen LogP contribution in [0.5, 0.6) is 5.75 Å². The summed E-state index contributed by atoms with van der Waals surface area (Å²) in [5.41, 5.74) is 2.56. The molecule has 1 aromatic carbocycles. The van der Waals surface area contributed by atoms with Gasteiger partial charge in [-0.3, -0.25) is 4.72 Å². The Bertz CT molecular complexity index is 854. The monoisotopic (exact) mass is 363 g/mol. The Balaban J connectivity index is 2.29. The van der Waals surface area contributed by atoms with E-state index in [0.29, 0.717) is 5.75 Å². The summed E-state index contributed by atoms with van der Waals surface area (Å²) in [4.78, 5) is 4.27. The van der Waals surface area contributed by atoms with E-state index < -0.39 is 10.0 Å². The van der Waals surface area contributed by atoms with Gasteiger partial charge in [-0.2, -0.15) is 0 Å². The fourth-order valence-electron chi connectivity index (χ4n) is 2.29. The van der Waals surface area contributed by atoms with E-state index in [-0.39, 0.29) is 16.3 Å². The van der Waals surface area contributed by atoms with Gasteiger partial charge < -0.3 is 10.1 Å². The minimum atomic E-state index is -3.80. The number of methoxy groups -OCH3 is 1. The van der Waals surface area contributed by atoms with Crippen LogP contribution in [0.25, 0.3) is 0 Å². The van der Waals surface area contributed by atoms with Gasteiger partial charge in [0.15, 0.2) is 0 Å². The van der Waals surface area contributed by atoms with Crippen molar-refractivity contribution in [2.75, 3.05) is 17.1 Å². The van der Waals surface area contributed by atoms with E-state index >= 15 is 0 Å². The molecule has 25 heavy (non-hydrogen) atoms. The third kappa shape index (κ3) is 4.85. The molecule has 1 aromatic heterocycles. The SMILES string of the molecule is COc1cc(C)c(C)cc1S(=O)(=O)Nc1ccc(NC(C)(C)C)cn1. The zero-order chi connectivity index (χ0) is 18.8. The van der Waals surface area contributed by atoms with Crippen molar-refractivity contribution in [1.82, 2.24) is 4.98 Å². The molecule has 0 saturated heterocycles. The molecule has 136 valence electrons. The predicted octanol–water partition coefficient (Wildman–Crippen LogP) is 3.72. The molecule has 0 fully saturated rings. The number of aromatic nitrogens is 1. The summed E-state index contributed by atoms with van der Waals surface area (Å²) in [5.74, 6) is 0.557. The van der Waals surface area contributed by atoms with Crippen molar-refractivity contribution in [3.63, 3.8) is 0 Å². The Kier molecular flexibility index (Phi) is 5.27. The van der Waals surface area contributed by atoms with Crippen molar-refractivity contribution in [2.24, 2.45) is 0 Å². The largest absolute Gasteiger partial charge is 0.495 e. The highest BCUT2D eigenvalue weighted by molar-refractivity contribution is 7.92. The van der Waals surface area contributed by atoms with Crippen molar-refractivity contribution >= 4 is 21.5 Å². The first-order valence-corrected chi connectivity index (χ1v) is 9.42. The molecule has 0 aliphatic rings. The molecule has 0 radical (unpaired) electrons. The second-order valence-electron chi connectivity index (χ2n) is 7.00. The summed E-state index contributed by atoms with van der Waals surface area (Å²) >= 11 is 0. The van der Waals surface area contributed by atoms with Gasteiger partial charge >= 0.3 is 0 Å². The molecular formula is C18H25N3O3S. The van der Waals surface area contributed by atoms with Crippen LogP contribution in [-0.4, -0.2) is 26.1 Å². The molecule has 0 aliphatic carbocycles. The number of ether oxygens (including phenoxy) is 1. The normalized spacial score (nSPS) is 11.9. The number of hydrogen-bond donors (Lipinski definition) is 2. The summed E-state index contributed by atoms with van der Waals surface area (Å²) < 4.78 is 33.2.